The Kier molecular flexibility index (Phi) is 6.51. The molecule has 0 bridgehead atoms. The van der Waals surface area contributed by atoms with Crippen LogP contribution in [-0.2, 0) is 11.4 Å². The van der Waals surface area contributed by atoms with E-state index in [2.05, 4.69) is 26.4 Å². The van der Waals surface area contributed by atoms with E-state index in [4.69, 9.17) is 23.5 Å². The Hall–Kier alpha value is -3.97. The lowest BCUT2D eigenvalue weighted by Crippen LogP contribution is -2.13. The van der Waals surface area contributed by atoms with Crippen molar-refractivity contribution in [1.82, 2.24) is 5.16 Å². The Morgan fingerprint density at radius 2 is 2.09 bits per heavy atom. The number of nitriles is 1. The van der Waals surface area contributed by atoms with Gasteiger partial charge in [0.15, 0.2) is 28.8 Å². The van der Waals surface area contributed by atoms with E-state index >= 15 is 0 Å². The van der Waals surface area contributed by atoms with Crippen molar-refractivity contribution in [3.63, 3.8) is 0 Å². The van der Waals surface area contributed by atoms with E-state index in [-0.39, 0.29) is 24.8 Å². The molecule has 0 saturated heterocycles. The van der Waals surface area contributed by atoms with Crippen LogP contribution in [0.2, 0.25) is 0 Å². The summed E-state index contributed by atoms with van der Waals surface area (Å²) in [6.07, 6.45) is 1.44. The first-order valence-corrected chi connectivity index (χ1v) is 10.5. The first-order chi connectivity index (χ1) is 16.0. The summed E-state index contributed by atoms with van der Waals surface area (Å²) in [5.74, 6) is 2.44. The number of ether oxygens (including phenoxy) is 4. The van der Waals surface area contributed by atoms with Gasteiger partial charge in [-0.1, -0.05) is 11.2 Å². The fourth-order valence-electron chi connectivity index (χ4n) is 3.07. The molecule has 2 heterocycles. The van der Waals surface area contributed by atoms with Crippen LogP contribution in [0.15, 0.2) is 51.0 Å². The number of aryl methyl sites for hydroxylation is 1. The van der Waals surface area contributed by atoms with Crippen molar-refractivity contribution in [2.24, 2.45) is 0 Å². The van der Waals surface area contributed by atoms with Crippen LogP contribution in [0.1, 0.15) is 16.9 Å². The molecule has 3 aromatic rings. The van der Waals surface area contributed by atoms with Crippen LogP contribution in [0, 0.1) is 18.3 Å². The maximum atomic E-state index is 12.4. The van der Waals surface area contributed by atoms with Gasteiger partial charge in [0.05, 0.1) is 11.6 Å². The Balaban J connectivity index is 1.52. The molecule has 9 nitrogen and oxygen atoms in total. The first kappa shape index (κ1) is 22.2. The number of aromatic nitrogens is 1. The van der Waals surface area contributed by atoms with Crippen LogP contribution in [0.4, 0.5) is 5.82 Å². The predicted octanol–water partition coefficient (Wildman–Crippen LogP) is 4.61. The number of fused-ring (bicyclic) bond motifs is 1. The molecule has 0 aliphatic carbocycles. The van der Waals surface area contributed by atoms with E-state index in [0.717, 1.165) is 5.56 Å². The van der Waals surface area contributed by atoms with Crippen LogP contribution >= 0.6 is 15.9 Å². The van der Waals surface area contributed by atoms with E-state index < -0.39 is 5.91 Å². The zero-order chi connectivity index (χ0) is 23.4. The van der Waals surface area contributed by atoms with Crippen LogP contribution < -0.4 is 24.3 Å². The second-order valence-electron chi connectivity index (χ2n) is 6.96. The average Bonchev–Trinajstić information content (AvgIpc) is 3.44. The standard InChI is InChI=1S/C23H18BrN3O6/c1-13-5-21(27-33-13)26-23(28)16(10-25)6-15-7-17(24)22(20(9-15)29-2)30-11-14-3-4-18-19(8-14)32-12-31-18/h3-9H,11-12H2,1-2H3,(H,26,27,28). The molecule has 1 amide bonds. The van der Waals surface area contributed by atoms with Crippen molar-refractivity contribution in [3.05, 3.63) is 63.3 Å². The Labute approximate surface area is 197 Å². The van der Waals surface area contributed by atoms with Gasteiger partial charge in [0, 0.05) is 6.07 Å². The Morgan fingerprint density at radius 1 is 1.27 bits per heavy atom. The second-order valence-corrected chi connectivity index (χ2v) is 7.81. The van der Waals surface area contributed by atoms with Gasteiger partial charge >= 0.3 is 0 Å². The average molecular weight is 512 g/mol. The number of nitrogens with zero attached hydrogens (tertiary/aromatic N) is 2. The van der Waals surface area contributed by atoms with Crippen LogP contribution in [0.5, 0.6) is 23.0 Å². The number of methoxy groups -OCH3 is 1. The third kappa shape index (κ3) is 5.10. The van der Waals surface area contributed by atoms with E-state index in [9.17, 15) is 10.1 Å². The van der Waals surface area contributed by atoms with Crippen molar-refractivity contribution in [2.75, 3.05) is 19.2 Å². The highest BCUT2D eigenvalue weighted by Gasteiger charge is 2.17. The molecule has 1 aromatic heterocycles. The fraction of sp³-hybridized carbons (Fsp3) is 0.174. The van der Waals surface area contributed by atoms with Crippen LogP contribution in [0.25, 0.3) is 6.08 Å². The number of halogens is 1. The molecule has 0 unspecified atom stereocenters. The molecule has 0 spiro atoms. The number of anilines is 1. The molecule has 4 rings (SSSR count). The molecule has 10 heteroatoms. The minimum Gasteiger partial charge on any atom is -0.493 e. The molecule has 0 radical (unpaired) electrons. The molecule has 2 aromatic carbocycles. The SMILES string of the molecule is COc1cc(C=C(C#N)C(=O)Nc2cc(C)on2)cc(Br)c1OCc1ccc2c(c1)OCO2. The first-order valence-electron chi connectivity index (χ1n) is 9.72. The quantitative estimate of drug-likeness (QED) is 0.361. The van der Waals surface area contributed by atoms with Gasteiger partial charge in [-0.2, -0.15) is 5.26 Å². The maximum Gasteiger partial charge on any atom is 0.267 e. The van der Waals surface area contributed by atoms with Crippen molar-refractivity contribution < 1.29 is 28.3 Å². The topological polar surface area (TPSA) is 116 Å². The van der Waals surface area contributed by atoms with Crippen LogP contribution in [-0.4, -0.2) is 25.0 Å². The molecule has 1 aliphatic rings. The number of hydrogen-bond donors (Lipinski definition) is 1. The number of carbonyl (C=O) groups excluding carboxylic acids is 1. The van der Waals surface area contributed by atoms with Gasteiger partial charge in [-0.05, 0) is 64.3 Å². The highest BCUT2D eigenvalue weighted by molar-refractivity contribution is 9.10. The van der Waals surface area contributed by atoms with E-state index in [1.165, 1.54) is 13.2 Å². The summed E-state index contributed by atoms with van der Waals surface area (Å²) in [6, 6.07) is 12.4. The summed E-state index contributed by atoms with van der Waals surface area (Å²) in [5.41, 5.74) is 1.35. The molecule has 33 heavy (non-hydrogen) atoms. The lowest BCUT2D eigenvalue weighted by atomic mass is 10.1. The number of hydrogen-bond acceptors (Lipinski definition) is 8. The van der Waals surface area contributed by atoms with Crippen LogP contribution in [0.3, 0.4) is 0 Å². The lowest BCUT2D eigenvalue weighted by Gasteiger charge is -2.14. The lowest BCUT2D eigenvalue weighted by molar-refractivity contribution is -0.112. The van der Waals surface area contributed by atoms with Crippen molar-refractivity contribution in [3.8, 4) is 29.1 Å². The molecule has 1 N–H and O–H groups in total. The summed E-state index contributed by atoms with van der Waals surface area (Å²) >= 11 is 3.48. The number of amides is 1. The van der Waals surface area contributed by atoms with Gasteiger partial charge < -0.3 is 28.8 Å². The van der Waals surface area contributed by atoms with Gasteiger partial charge in [0.25, 0.3) is 5.91 Å². The van der Waals surface area contributed by atoms with Crippen molar-refractivity contribution in [2.45, 2.75) is 13.5 Å². The van der Waals surface area contributed by atoms with Gasteiger partial charge in [-0.15, -0.1) is 0 Å². The number of nitrogens with one attached hydrogen (secondary N) is 1. The van der Waals surface area contributed by atoms with E-state index in [1.54, 1.807) is 25.1 Å². The fourth-order valence-corrected chi connectivity index (χ4v) is 3.65. The zero-order valence-corrected chi connectivity index (χ0v) is 19.3. The molecule has 0 atom stereocenters. The summed E-state index contributed by atoms with van der Waals surface area (Å²) in [5, 5.41) is 15.7. The maximum absolute atomic E-state index is 12.4. The zero-order valence-electron chi connectivity index (χ0n) is 17.7. The van der Waals surface area contributed by atoms with E-state index in [0.29, 0.717) is 38.8 Å². The Bertz CT molecular complexity index is 1280. The summed E-state index contributed by atoms with van der Waals surface area (Å²) < 4.78 is 27.7. The van der Waals surface area contributed by atoms with Gasteiger partial charge in [-0.25, -0.2) is 0 Å². The number of carbonyl (C=O) groups is 1. The molecule has 168 valence electrons. The third-order valence-corrected chi connectivity index (χ3v) is 5.21. The van der Waals surface area contributed by atoms with Crippen molar-refractivity contribution >= 4 is 33.7 Å². The normalized spacial score (nSPS) is 12.2. The molecule has 0 fully saturated rings. The second kappa shape index (κ2) is 9.67. The van der Waals surface area contributed by atoms with Gasteiger partial charge in [-0.3, -0.25) is 4.79 Å². The molecule has 0 saturated carbocycles. The molecular formula is C23H18BrN3O6. The van der Waals surface area contributed by atoms with Gasteiger partial charge in [0.2, 0.25) is 6.79 Å². The molecule has 1 aliphatic heterocycles. The minimum absolute atomic E-state index is 0.112. The van der Waals surface area contributed by atoms with E-state index in [1.807, 2.05) is 24.3 Å². The smallest absolute Gasteiger partial charge is 0.267 e. The summed E-state index contributed by atoms with van der Waals surface area (Å²) in [7, 11) is 1.51. The summed E-state index contributed by atoms with van der Waals surface area (Å²) in [6.45, 7) is 2.17. The summed E-state index contributed by atoms with van der Waals surface area (Å²) in [4.78, 5) is 12.4. The minimum atomic E-state index is -0.607. The van der Waals surface area contributed by atoms with Crippen molar-refractivity contribution in [1.29, 1.82) is 5.26 Å². The molecular weight excluding hydrogens is 494 g/mol. The Morgan fingerprint density at radius 3 is 2.82 bits per heavy atom. The highest BCUT2D eigenvalue weighted by Crippen LogP contribution is 2.38. The largest absolute Gasteiger partial charge is 0.493 e. The highest BCUT2D eigenvalue weighted by atomic mass is 79.9. The number of benzene rings is 2. The monoisotopic (exact) mass is 511 g/mol. The third-order valence-electron chi connectivity index (χ3n) is 4.62. The van der Waals surface area contributed by atoms with Gasteiger partial charge in [0.1, 0.15) is 24.0 Å². The number of rotatable bonds is 7. The predicted molar refractivity (Wildman–Crippen MR) is 121 cm³/mol.